The summed E-state index contributed by atoms with van der Waals surface area (Å²) in [5.74, 6) is -1.21. The molecule has 3 rings (SSSR count). The van der Waals surface area contributed by atoms with Crippen molar-refractivity contribution in [1.29, 1.82) is 0 Å². The minimum Gasteiger partial charge on any atom is -0.364 e. The van der Waals surface area contributed by atoms with Crippen molar-refractivity contribution in [3.8, 4) is 0 Å². The Morgan fingerprint density at radius 1 is 1.26 bits per heavy atom. The van der Waals surface area contributed by atoms with E-state index in [0.717, 1.165) is 44.3 Å². The number of hydrogen-bond acceptors (Lipinski definition) is 7. The van der Waals surface area contributed by atoms with E-state index < -0.39 is 16.6 Å². The summed E-state index contributed by atoms with van der Waals surface area (Å²) in [6.45, 7) is 9.22. The van der Waals surface area contributed by atoms with Crippen LogP contribution in [0.1, 0.15) is 39.2 Å². The molecule has 2 aromatic rings. The molecule has 1 aliphatic heterocycles. The number of hydrogen-bond donors (Lipinski definition) is 2. The number of anilines is 2. The molecule has 2 heterocycles. The van der Waals surface area contributed by atoms with Crippen molar-refractivity contribution in [1.82, 2.24) is 14.9 Å². The lowest BCUT2D eigenvalue weighted by molar-refractivity contribution is -0.384. The molecule has 10 heteroatoms. The molecule has 0 bridgehead atoms. The maximum atomic E-state index is 13.4. The number of likely N-dealkylation sites (tertiary alicyclic amines) is 1. The fourth-order valence-electron chi connectivity index (χ4n) is 3.64. The maximum absolute atomic E-state index is 13.4. The van der Waals surface area contributed by atoms with Gasteiger partial charge in [-0.3, -0.25) is 15.0 Å². The largest absolute Gasteiger partial charge is 0.364 e. The van der Waals surface area contributed by atoms with Gasteiger partial charge in [0.2, 0.25) is 11.8 Å². The molecule has 1 saturated heterocycles. The summed E-state index contributed by atoms with van der Waals surface area (Å²) >= 11 is 0. The molecule has 8 nitrogen and oxygen atoms in total. The molecule has 0 radical (unpaired) electrons. The van der Waals surface area contributed by atoms with E-state index >= 15 is 0 Å². The fraction of sp³-hybridized carbons (Fsp3) is 0.524. The zero-order valence-electron chi connectivity index (χ0n) is 18.0. The molecular weight excluding hydrogens is 406 g/mol. The van der Waals surface area contributed by atoms with Gasteiger partial charge in [-0.25, -0.2) is 13.8 Å². The number of piperidine rings is 1. The van der Waals surface area contributed by atoms with Crippen LogP contribution in [0.4, 0.5) is 26.2 Å². The van der Waals surface area contributed by atoms with Crippen molar-refractivity contribution in [3.05, 3.63) is 51.7 Å². The van der Waals surface area contributed by atoms with Gasteiger partial charge in [-0.05, 0) is 63.8 Å². The highest BCUT2D eigenvalue weighted by molar-refractivity contribution is 5.57. The molecular formula is C21H28F2N6O2. The molecule has 2 N–H and O–H groups in total. The van der Waals surface area contributed by atoms with Crippen molar-refractivity contribution in [2.75, 3.05) is 30.3 Å². The smallest absolute Gasteiger partial charge is 0.329 e. The molecule has 1 atom stereocenters. The van der Waals surface area contributed by atoms with Gasteiger partial charge in [0.15, 0.2) is 11.6 Å². The molecule has 0 amide bonds. The molecule has 0 spiro atoms. The van der Waals surface area contributed by atoms with Crippen LogP contribution in [0.5, 0.6) is 0 Å². The molecule has 1 aromatic carbocycles. The van der Waals surface area contributed by atoms with Crippen molar-refractivity contribution < 1.29 is 13.7 Å². The first-order chi connectivity index (χ1) is 14.6. The van der Waals surface area contributed by atoms with E-state index in [2.05, 4.69) is 46.3 Å². The Morgan fingerprint density at radius 2 is 2.03 bits per heavy atom. The van der Waals surface area contributed by atoms with Crippen LogP contribution in [0.2, 0.25) is 0 Å². The van der Waals surface area contributed by atoms with Crippen LogP contribution >= 0.6 is 0 Å². The van der Waals surface area contributed by atoms with Gasteiger partial charge >= 0.3 is 5.69 Å². The summed E-state index contributed by atoms with van der Waals surface area (Å²) in [5, 5.41) is 17.4. The minimum atomic E-state index is -0.942. The lowest BCUT2D eigenvalue weighted by Gasteiger charge is -2.41. The lowest BCUT2D eigenvalue weighted by Crippen LogP contribution is -2.48. The first-order valence-electron chi connectivity index (χ1n) is 10.3. The lowest BCUT2D eigenvalue weighted by atomic mass is 9.93. The molecule has 31 heavy (non-hydrogen) atoms. The van der Waals surface area contributed by atoms with E-state index in [-0.39, 0.29) is 29.5 Å². The SMILES string of the molecule is CC(C)(C)N1CCCC(CNc2nc(NCc3ccc(F)c(F)c3)ncc2[N+](=O)[O-])C1. The van der Waals surface area contributed by atoms with Gasteiger partial charge in [-0.1, -0.05) is 6.07 Å². The highest BCUT2D eigenvalue weighted by Gasteiger charge is 2.28. The Balaban J connectivity index is 1.67. The first-order valence-corrected chi connectivity index (χ1v) is 10.3. The number of benzene rings is 1. The predicted molar refractivity (Wildman–Crippen MR) is 115 cm³/mol. The Kier molecular flexibility index (Phi) is 6.99. The molecule has 1 fully saturated rings. The van der Waals surface area contributed by atoms with Crippen molar-refractivity contribution in [2.45, 2.75) is 45.7 Å². The second-order valence-electron chi connectivity index (χ2n) is 8.79. The van der Waals surface area contributed by atoms with Crippen molar-refractivity contribution >= 4 is 17.5 Å². The minimum absolute atomic E-state index is 0.0799. The maximum Gasteiger partial charge on any atom is 0.329 e. The second kappa shape index (κ2) is 9.51. The monoisotopic (exact) mass is 434 g/mol. The van der Waals surface area contributed by atoms with Gasteiger partial charge in [-0.2, -0.15) is 4.98 Å². The zero-order valence-corrected chi connectivity index (χ0v) is 18.0. The molecule has 0 aliphatic carbocycles. The standard InChI is InChI=1S/C21H28F2N6O2/c1-21(2,3)28-8-4-5-15(13-28)11-24-19-18(29(30)31)12-26-20(27-19)25-10-14-6-7-16(22)17(23)9-14/h6-7,9,12,15H,4-5,8,10-11,13H2,1-3H3,(H2,24,25,26,27). The van der Waals surface area contributed by atoms with Crippen LogP contribution in [0.3, 0.4) is 0 Å². The summed E-state index contributed by atoms with van der Waals surface area (Å²) in [6.07, 6.45) is 3.27. The van der Waals surface area contributed by atoms with Gasteiger partial charge in [0.05, 0.1) is 4.92 Å². The number of aromatic nitrogens is 2. The van der Waals surface area contributed by atoms with Crippen LogP contribution in [0.25, 0.3) is 0 Å². The van der Waals surface area contributed by atoms with E-state index in [0.29, 0.717) is 18.0 Å². The third-order valence-electron chi connectivity index (χ3n) is 5.43. The highest BCUT2D eigenvalue weighted by atomic mass is 19.2. The quantitative estimate of drug-likeness (QED) is 0.498. The van der Waals surface area contributed by atoms with Gasteiger partial charge in [-0.15, -0.1) is 0 Å². The Bertz CT molecular complexity index is 935. The molecule has 168 valence electrons. The van der Waals surface area contributed by atoms with Gasteiger partial charge < -0.3 is 10.6 Å². The highest BCUT2D eigenvalue weighted by Crippen LogP contribution is 2.26. The molecule has 1 unspecified atom stereocenters. The van der Waals surface area contributed by atoms with Gasteiger partial charge in [0, 0.05) is 25.2 Å². The average Bonchev–Trinajstić information content (AvgIpc) is 2.72. The zero-order chi connectivity index (χ0) is 22.6. The molecule has 1 aromatic heterocycles. The number of halogens is 2. The molecule has 1 aliphatic rings. The Labute approximate surface area is 180 Å². The normalized spacial score (nSPS) is 17.4. The predicted octanol–water partition coefficient (Wildman–Crippen LogP) is 4.20. The van der Waals surface area contributed by atoms with Crippen LogP contribution in [-0.4, -0.2) is 45.0 Å². The van der Waals surface area contributed by atoms with E-state index in [9.17, 15) is 18.9 Å². The van der Waals surface area contributed by atoms with Crippen LogP contribution in [0, 0.1) is 27.7 Å². The van der Waals surface area contributed by atoms with Crippen LogP contribution in [0.15, 0.2) is 24.4 Å². The fourth-order valence-corrected chi connectivity index (χ4v) is 3.64. The third kappa shape index (κ3) is 6.06. The Hall–Kier alpha value is -2.88. The Morgan fingerprint density at radius 3 is 2.71 bits per heavy atom. The van der Waals surface area contributed by atoms with E-state index in [1.54, 1.807) is 0 Å². The first kappa shape index (κ1) is 22.8. The number of rotatable bonds is 7. The van der Waals surface area contributed by atoms with E-state index in [1.165, 1.54) is 6.07 Å². The summed E-state index contributed by atoms with van der Waals surface area (Å²) in [7, 11) is 0. The van der Waals surface area contributed by atoms with Gasteiger partial charge in [0.25, 0.3) is 0 Å². The van der Waals surface area contributed by atoms with Crippen molar-refractivity contribution in [3.63, 3.8) is 0 Å². The van der Waals surface area contributed by atoms with E-state index in [1.807, 2.05) is 0 Å². The van der Waals surface area contributed by atoms with Gasteiger partial charge in [0.1, 0.15) is 6.20 Å². The summed E-state index contributed by atoms with van der Waals surface area (Å²) < 4.78 is 26.4. The van der Waals surface area contributed by atoms with Crippen LogP contribution < -0.4 is 10.6 Å². The number of nitrogens with one attached hydrogen (secondary N) is 2. The topological polar surface area (TPSA) is 96.2 Å². The van der Waals surface area contributed by atoms with Crippen LogP contribution in [-0.2, 0) is 6.54 Å². The molecule has 0 saturated carbocycles. The van der Waals surface area contributed by atoms with E-state index in [4.69, 9.17) is 0 Å². The van der Waals surface area contributed by atoms with Crippen molar-refractivity contribution in [2.24, 2.45) is 5.92 Å². The summed E-state index contributed by atoms with van der Waals surface area (Å²) in [5.41, 5.74) is 0.373. The summed E-state index contributed by atoms with van der Waals surface area (Å²) in [6, 6.07) is 3.57. The number of nitrogens with zero attached hydrogens (tertiary/aromatic N) is 4. The number of nitro groups is 1. The summed E-state index contributed by atoms with van der Waals surface area (Å²) in [4.78, 5) is 21.5. The second-order valence-corrected chi connectivity index (χ2v) is 8.79. The average molecular weight is 434 g/mol. The third-order valence-corrected chi connectivity index (χ3v) is 5.43.